The standard InChI is InChI=1S/C18H28N2O/c1-18(16-6-7-16)14-20(12-3-11-19-18)13-10-15-4-8-17(21-2)9-5-15/h4-5,8-9,16,19H,3,6-7,10-14H2,1-2H3. The van der Waals surface area contributed by atoms with Crippen molar-refractivity contribution >= 4 is 0 Å². The molecule has 1 N–H and O–H groups in total. The molecule has 0 radical (unpaired) electrons. The van der Waals surface area contributed by atoms with Gasteiger partial charge in [-0.15, -0.1) is 0 Å². The smallest absolute Gasteiger partial charge is 0.118 e. The second kappa shape index (κ2) is 6.37. The van der Waals surface area contributed by atoms with Gasteiger partial charge in [0.15, 0.2) is 0 Å². The van der Waals surface area contributed by atoms with Crippen molar-refractivity contribution in [2.45, 2.75) is 38.1 Å². The molecule has 1 unspecified atom stereocenters. The number of nitrogens with one attached hydrogen (secondary N) is 1. The van der Waals surface area contributed by atoms with Crippen LogP contribution in [-0.4, -0.2) is 43.7 Å². The molecule has 1 aromatic rings. The number of nitrogens with zero attached hydrogens (tertiary/aromatic N) is 1. The van der Waals surface area contributed by atoms with E-state index in [1.165, 1.54) is 44.5 Å². The van der Waals surface area contributed by atoms with Crippen LogP contribution >= 0.6 is 0 Å². The maximum atomic E-state index is 5.22. The first kappa shape index (κ1) is 14.9. The average Bonchev–Trinajstić information content (AvgIpc) is 3.34. The first-order valence-electron chi connectivity index (χ1n) is 8.30. The SMILES string of the molecule is COc1ccc(CCN2CCCNC(C)(C3CC3)C2)cc1. The molecule has 0 aromatic heterocycles. The minimum absolute atomic E-state index is 0.344. The number of methoxy groups -OCH3 is 1. The molecular weight excluding hydrogens is 260 g/mol. The van der Waals surface area contributed by atoms with Crippen molar-refractivity contribution in [3.8, 4) is 5.75 Å². The molecule has 1 heterocycles. The Morgan fingerprint density at radius 3 is 2.71 bits per heavy atom. The summed E-state index contributed by atoms with van der Waals surface area (Å²) in [6.45, 7) is 7.19. The summed E-state index contributed by atoms with van der Waals surface area (Å²) in [5, 5.41) is 3.80. The molecule has 1 saturated heterocycles. The van der Waals surface area contributed by atoms with Crippen LogP contribution in [-0.2, 0) is 6.42 Å². The third-order valence-corrected chi connectivity index (χ3v) is 5.09. The van der Waals surface area contributed by atoms with Crippen molar-refractivity contribution in [2.24, 2.45) is 5.92 Å². The summed E-state index contributed by atoms with van der Waals surface area (Å²) in [6, 6.07) is 8.51. The van der Waals surface area contributed by atoms with Crippen LogP contribution in [0.5, 0.6) is 5.75 Å². The van der Waals surface area contributed by atoms with Gasteiger partial charge in [0.2, 0.25) is 0 Å². The van der Waals surface area contributed by atoms with Gasteiger partial charge in [0.1, 0.15) is 5.75 Å². The molecule has 1 aliphatic carbocycles. The van der Waals surface area contributed by atoms with Crippen LogP contribution in [0.4, 0.5) is 0 Å². The first-order valence-corrected chi connectivity index (χ1v) is 8.30. The number of benzene rings is 1. The summed E-state index contributed by atoms with van der Waals surface area (Å²) in [5.41, 5.74) is 1.75. The van der Waals surface area contributed by atoms with Crippen LogP contribution in [0.3, 0.4) is 0 Å². The molecular formula is C18H28N2O. The molecule has 1 aliphatic heterocycles. The van der Waals surface area contributed by atoms with E-state index in [0.717, 1.165) is 24.6 Å². The molecule has 1 atom stereocenters. The molecule has 21 heavy (non-hydrogen) atoms. The Bertz CT molecular complexity index is 455. The molecule has 0 bridgehead atoms. The Balaban J connectivity index is 1.55. The summed E-state index contributed by atoms with van der Waals surface area (Å²) < 4.78 is 5.22. The van der Waals surface area contributed by atoms with E-state index in [1.54, 1.807) is 7.11 Å². The summed E-state index contributed by atoms with van der Waals surface area (Å²) in [6.07, 6.45) is 5.22. The van der Waals surface area contributed by atoms with E-state index in [0.29, 0.717) is 5.54 Å². The lowest BCUT2D eigenvalue weighted by Gasteiger charge is -2.34. The maximum Gasteiger partial charge on any atom is 0.118 e. The minimum atomic E-state index is 0.344. The minimum Gasteiger partial charge on any atom is -0.497 e. The largest absolute Gasteiger partial charge is 0.497 e. The number of hydrogen-bond acceptors (Lipinski definition) is 3. The Morgan fingerprint density at radius 1 is 1.29 bits per heavy atom. The van der Waals surface area contributed by atoms with Gasteiger partial charge in [-0.3, -0.25) is 0 Å². The highest BCUT2D eigenvalue weighted by Crippen LogP contribution is 2.40. The normalized spacial score (nSPS) is 27.3. The second-order valence-electron chi connectivity index (χ2n) is 6.85. The van der Waals surface area contributed by atoms with Crippen molar-refractivity contribution in [3.63, 3.8) is 0 Å². The van der Waals surface area contributed by atoms with E-state index in [1.807, 2.05) is 0 Å². The van der Waals surface area contributed by atoms with Crippen molar-refractivity contribution < 1.29 is 4.74 Å². The molecule has 1 saturated carbocycles. The van der Waals surface area contributed by atoms with E-state index in [2.05, 4.69) is 41.4 Å². The van der Waals surface area contributed by atoms with Gasteiger partial charge in [-0.2, -0.15) is 0 Å². The highest BCUT2D eigenvalue weighted by atomic mass is 16.5. The van der Waals surface area contributed by atoms with Gasteiger partial charge < -0.3 is 15.0 Å². The monoisotopic (exact) mass is 288 g/mol. The number of ether oxygens (including phenoxy) is 1. The van der Waals surface area contributed by atoms with Crippen molar-refractivity contribution in [1.29, 1.82) is 0 Å². The zero-order valence-electron chi connectivity index (χ0n) is 13.4. The maximum absolute atomic E-state index is 5.22. The van der Waals surface area contributed by atoms with Gasteiger partial charge >= 0.3 is 0 Å². The second-order valence-corrected chi connectivity index (χ2v) is 6.85. The molecule has 1 aromatic carbocycles. The molecule has 3 nitrogen and oxygen atoms in total. The third-order valence-electron chi connectivity index (χ3n) is 5.09. The highest BCUT2D eigenvalue weighted by Gasteiger charge is 2.42. The van der Waals surface area contributed by atoms with Gasteiger partial charge in [0.25, 0.3) is 0 Å². The van der Waals surface area contributed by atoms with Gasteiger partial charge in [-0.05, 0) is 69.3 Å². The zero-order valence-corrected chi connectivity index (χ0v) is 13.4. The molecule has 0 spiro atoms. The van der Waals surface area contributed by atoms with E-state index < -0.39 is 0 Å². The van der Waals surface area contributed by atoms with Gasteiger partial charge in [0, 0.05) is 18.6 Å². The van der Waals surface area contributed by atoms with E-state index >= 15 is 0 Å². The molecule has 3 heteroatoms. The third kappa shape index (κ3) is 3.78. The van der Waals surface area contributed by atoms with Crippen LogP contribution in [0.25, 0.3) is 0 Å². The Hall–Kier alpha value is -1.06. The van der Waals surface area contributed by atoms with Gasteiger partial charge in [-0.25, -0.2) is 0 Å². The van der Waals surface area contributed by atoms with Crippen LogP contribution in [0, 0.1) is 5.92 Å². The summed E-state index contributed by atoms with van der Waals surface area (Å²) in [5.74, 6) is 1.85. The highest BCUT2D eigenvalue weighted by molar-refractivity contribution is 5.27. The quantitative estimate of drug-likeness (QED) is 0.901. The fourth-order valence-corrected chi connectivity index (χ4v) is 3.54. The fraction of sp³-hybridized carbons (Fsp3) is 0.667. The molecule has 2 fully saturated rings. The average molecular weight is 288 g/mol. The van der Waals surface area contributed by atoms with Crippen molar-refractivity contribution in [2.75, 3.05) is 33.3 Å². The lowest BCUT2D eigenvalue weighted by Crippen LogP contribution is -2.51. The molecule has 2 aliphatic rings. The Kier molecular flexibility index (Phi) is 4.51. The van der Waals surface area contributed by atoms with Crippen molar-refractivity contribution in [3.05, 3.63) is 29.8 Å². The summed E-state index contributed by atoms with van der Waals surface area (Å²) in [7, 11) is 1.72. The zero-order chi connectivity index (χ0) is 14.7. The lowest BCUT2D eigenvalue weighted by molar-refractivity contribution is 0.203. The lowest BCUT2D eigenvalue weighted by atomic mass is 9.95. The first-order chi connectivity index (χ1) is 10.2. The Morgan fingerprint density at radius 2 is 2.05 bits per heavy atom. The molecule has 3 rings (SSSR count). The summed E-state index contributed by atoms with van der Waals surface area (Å²) >= 11 is 0. The van der Waals surface area contributed by atoms with Crippen LogP contribution in [0.15, 0.2) is 24.3 Å². The predicted octanol–water partition coefficient (Wildman–Crippen LogP) is 2.70. The van der Waals surface area contributed by atoms with E-state index in [9.17, 15) is 0 Å². The topological polar surface area (TPSA) is 24.5 Å². The van der Waals surface area contributed by atoms with E-state index in [4.69, 9.17) is 4.74 Å². The van der Waals surface area contributed by atoms with Crippen LogP contribution < -0.4 is 10.1 Å². The van der Waals surface area contributed by atoms with Crippen LogP contribution in [0.2, 0.25) is 0 Å². The van der Waals surface area contributed by atoms with Crippen LogP contribution in [0.1, 0.15) is 31.7 Å². The Labute approximate surface area is 128 Å². The fourth-order valence-electron chi connectivity index (χ4n) is 3.54. The number of rotatable bonds is 5. The van der Waals surface area contributed by atoms with Gasteiger partial charge in [-0.1, -0.05) is 12.1 Å². The van der Waals surface area contributed by atoms with E-state index in [-0.39, 0.29) is 0 Å². The predicted molar refractivity (Wildman–Crippen MR) is 86.9 cm³/mol. The molecule has 0 amide bonds. The van der Waals surface area contributed by atoms with Crippen molar-refractivity contribution in [1.82, 2.24) is 10.2 Å². The molecule has 116 valence electrons. The van der Waals surface area contributed by atoms with Gasteiger partial charge in [0.05, 0.1) is 7.11 Å². The number of hydrogen-bond donors (Lipinski definition) is 1. The summed E-state index contributed by atoms with van der Waals surface area (Å²) in [4.78, 5) is 2.66.